The van der Waals surface area contributed by atoms with Gasteiger partial charge in [0.2, 0.25) is 7.29 Å². The molecule has 0 fully saturated rings. The fraction of sp³-hybridized carbons (Fsp3) is 0.278. The molecule has 0 aliphatic carbocycles. The number of nitrogens with zero attached hydrogens (tertiary/aromatic N) is 3. The van der Waals surface area contributed by atoms with Gasteiger partial charge in [-0.2, -0.15) is 0 Å². The zero-order valence-corrected chi connectivity index (χ0v) is 14.7. The van der Waals surface area contributed by atoms with Crippen molar-refractivity contribution in [3.63, 3.8) is 0 Å². The number of aryl methyl sites for hydroxylation is 1. The van der Waals surface area contributed by atoms with Gasteiger partial charge in [0, 0.05) is 24.6 Å². The zero-order chi connectivity index (χ0) is 16.4. The molecule has 3 aromatic rings. The van der Waals surface area contributed by atoms with Gasteiger partial charge in [0.15, 0.2) is 0 Å². The lowest BCUT2D eigenvalue weighted by atomic mass is 10.4. The number of imidazole rings is 1. The quantitative estimate of drug-likeness (QED) is 0.675. The van der Waals surface area contributed by atoms with Crippen LogP contribution in [0.4, 0.5) is 0 Å². The summed E-state index contributed by atoms with van der Waals surface area (Å²) >= 11 is 0. The Morgan fingerprint density at radius 2 is 1.70 bits per heavy atom. The molecule has 2 aromatic heterocycles. The smallest absolute Gasteiger partial charge is 0.225 e. The lowest BCUT2D eigenvalue weighted by Gasteiger charge is -2.30. The summed E-state index contributed by atoms with van der Waals surface area (Å²) in [6.07, 6.45) is 1.95. The topological polar surface area (TPSA) is 37.6 Å². The van der Waals surface area contributed by atoms with Crippen LogP contribution >= 0.6 is 7.29 Å². The molecule has 0 amide bonds. The summed E-state index contributed by atoms with van der Waals surface area (Å²) in [4.78, 5) is 4.62. The fourth-order valence-corrected chi connectivity index (χ4v) is 6.30. The molecule has 0 aliphatic heterocycles. The highest BCUT2D eigenvalue weighted by atomic mass is 31.2. The number of hydrogen-bond donors (Lipinski definition) is 0. The van der Waals surface area contributed by atoms with Gasteiger partial charge in [0.05, 0.1) is 5.69 Å². The fourth-order valence-electron chi connectivity index (χ4n) is 3.14. The van der Waals surface area contributed by atoms with Gasteiger partial charge in [0.1, 0.15) is 11.1 Å². The Labute approximate surface area is 137 Å². The maximum atomic E-state index is 14.3. The summed E-state index contributed by atoms with van der Waals surface area (Å²) < 4.78 is 18.4. The van der Waals surface area contributed by atoms with Crippen molar-refractivity contribution in [2.45, 2.75) is 20.8 Å². The first-order valence-corrected chi connectivity index (χ1v) is 9.64. The molecule has 0 saturated carbocycles. The number of hydrogen-bond acceptors (Lipinski definition) is 2. The van der Waals surface area contributed by atoms with Crippen molar-refractivity contribution in [3.05, 3.63) is 60.4 Å². The van der Waals surface area contributed by atoms with E-state index in [0.717, 1.165) is 35.2 Å². The average Bonchev–Trinajstić information content (AvgIpc) is 2.92. The molecule has 0 bridgehead atoms. The molecule has 5 heteroatoms. The zero-order valence-electron chi connectivity index (χ0n) is 13.8. The van der Waals surface area contributed by atoms with Crippen LogP contribution in [0.25, 0.3) is 5.65 Å². The monoisotopic (exact) mass is 327 g/mol. The number of fused-ring (bicyclic) bond motifs is 1. The number of rotatable bonds is 5. The maximum Gasteiger partial charge on any atom is 0.225 e. The van der Waals surface area contributed by atoms with E-state index < -0.39 is 7.29 Å². The van der Waals surface area contributed by atoms with Crippen LogP contribution in [0.2, 0.25) is 0 Å². The maximum absolute atomic E-state index is 14.3. The summed E-state index contributed by atoms with van der Waals surface area (Å²) in [6.45, 7) is 7.50. The Morgan fingerprint density at radius 3 is 2.35 bits per heavy atom. The van der Waals surface area contributed by atoms with Crippen LogP contribution in [0.5, 0.6) is 0 Å². The SMILES string of the molecule is CCN(CC)[P@@](=O)(c1ccccc1)c1c(C)nc2ccccn12. The van der Waals surface area contributed by atoms with Gasteiger partial charge < -0.3 is 0 Å². The van der Waals surface area contributed by atoms with E-state index in [1.807, 2.05) is 66.1 Å². The van der Waals surface area contributed by atoms with Crippen molar-refractivity contribution in [2.24, 2.45) is 0 Å². The van der Waals surface area contributed by atoms with Crippen molar-refractivity contribution in [2.75, 3.05) is 13.1 Å². The first kappa shape index (κ1) is 16.0. The van der Waals surface area contributed by atoms with Crippen molar-refractivity contribution < 1.29 is 4.57 Å². The lowest BCUT2D eigenvalue weighted by Crippen LogP contribution is -2.35. The third-order valence-corrected chi connectivity index (χ3v) is 7.67. The Morgan fingerprint density at radius 1 is 1.04 bits per heavy atom. The molecule has 0 spiro atoms. The van der Waals surface area contributed by atoms with E-state index in [-0.39, 0.29) is 0 Å². The van der Waals surface area contributed by atoms with Gasteiger partial charge in [-0.15, -0.1) is 0 Å². The van der Waals surface area contributed by atoms with Crippen LogP contribution < -0.4 is 10.7 Å². The molecular formula is C18H22N3OP. The molecule has 1 aromatic carbocycles. The third-order valence-electron chi connectivity index (χ3n) is 4.19. The summed E-state index contributed by atoms with van der Waals surface area (Å²) in [5.74, 6) is 0. The molecule has 120 valence electrons. The van der Waals surface area contributed by atoms with Crippen LogP contribution in [-0.2, 0) is 4.57 Å². The van der Waals surface area contributed by atoms with Gasteiger partial charge in [0.25, 0.3) is 0 Å². The van der Waals surface area contributed by atoms with E-state index >= 15 is 0 Å². The molecule has 2 heterocycles. The average molecular weight is 327 g/mol. The summed E-state index contributed by atoms with van der Waals surface area (Å²) in [5.41, 5.74) is 2.47. The van der Waals surface area contributed by atoms with E-state index in [0.29, 0.717) is 0 Å². The molecule has 1 atom stereocenters. The predicted molar refractivity (Wildman–Crippen MR) is 96.2 cm³/mol. The number of pyridine rings is 1. The Hall–Kier alpha value is -1.90. The largest absolute Gasteiger partial charge is 0.296 e. The molecule has 4 nitrogen and oxygen atoms in total. The van der Waals surface area contributed by atoms with Crippen LogP contribution in [0, 0.1) is 6.92 Å². The van der Waals surface area contributed by atoms with Crippen LogP contribution in [0.3, 0.4) is 0 Å². The Balaban J connectivity index is 2.36. The van der Waals surface area contributed by atoms with Gasteiger partial charge in [-0.3, -0.25) is 8.97 Å². The second-order valence-electron chi connectivity index (χ2n) is 5.50. The van der Waals surface area contributed by atoms with E-state index in [1.54, 1.807) is 0 Å². The molecular weight excluding hydrogens is 305 g/mol. The van der Waals surface area contributed by atoms with Crippen LogP contribution in [-0.4, -0.2) is 27.1 Å². The highest BCUT2D eigenvalue weighted by Crippen LogP contribution is 2.47. The minimum absolute atomic E-state index is 0.724. The van der Waals surface area contributed by atoms with E-state index in [4.69, 9.17) is 0 Å². The predicted octanol–water partition coefficient (Wildman–Crippen LogP) is 3.21. The highest BCUT2D eigenvalue weighted by Gasteiger charge is 2.37. The molecule has 3 rings (SSSR count). The van der Waals surface area contributed by atoms with Crippen molar-refractivity contribution in [1.29, 1.82) is 0 Å². The second kappa shape index (κ2) is 6.31. The first-order chi connectivity index (χ1) is 11.1. The second-order valence-corrected chi connectivity index (χ2v) is 8.16. The van der Waals surface area contributed by atoms with Crippen LogP contribution in [0.15, 0.2) is 54.7 Å². The minimum atomic E-state index is -2.94. The van der Waals surface area contributed by atoms with Gasteiger partial charge in [-0.1, -0.05) is 38.1 Å². The highest BCUT2D eigenvalue weighted by molar-refractivity contribution is 7.76. The van der Waals surface area contributed by atoms with Crippen molar-refractivity contribution >= 4 is 23.7 Å². The third kappa shape index (κ3) is 2.52. The molecule has 23 heavy (non-hydrogen) atoms. The summed E-state index contributed by atoms with van der Waals surface area (Å²) in [6, 6.07) is 15.6. The molecule has 0 unspecified atom stereocenters. The van der Waals surface area contributed by atoms with E-state index in [1.165, 1.54) is 0 Å². The normalized spacial score (nSPS) is 14.3. The Kier molecular flexibility index (Phi) is 4.38. The Bertz CT molecular complexity index is 853. The van der Waals surface area contributed by atoms with Gasteiger partial charge >= 0.3 is 0 Å². The van der Waals surface area contributed by atoms with E-state index in [9.17, 15) is 4.57 Å². The minimum Gasteiger partial charge on any atom is -0.296 e. The standard InChI is InChI=1S/C18H22N3OP/c1-4-20(5-2)23(22,16-11-7-6-8-12-16)18-15(3)19-17-13-9-10-14-21(17)18/h6-14H,4-5H2,1-3H3/t23-/m1/s1. The van der Waals surface area contributed by atoms with Crippen LogP contribution in [0.1, 0.15) is 19.5 Å². The van der Waals surface area contributed by atoms with Gasteiger partial charge in [-0.05, 0) is 31.2 Å². The molecule has 0 N–H and O–H groups in total. The number of benzene rings is 1. The lowest BCUT2D eigenvalue weighted by molar-refractivity contribution is 0.457. The van der Waals surface area contributed by atoms with Crippen molar-refractivity contribution in [1.82, 2.24) is 14.1 Å². The van der Waals surface area contributed by atoms with E-state index in [2.05, 4.69) is 23.5 Å². The molecule has 0 saturated heterocycles. The summed E-state index contributed by atoms with van der Waals surface area (Å²) in [7, 11) is -2.94. The van der Waals surface area contributed by atoms with Gasteiger partial charge in [-0.25, -0.2) is 9.65 Å². The molecule has 0 aliphatic rings. The molecule has 0 radical (unpaired) electrons. The first-order valence-electron chi connectivity index (χ1n) is 7.98. The van der Waals surface area contributed by atoms with Crippen molar-refractivity contribution in [3.8, 4) is 0 Å². The summed E-state index contributed by atoms with van der Waals surface area (Å²) in [5, 5.41) is 0.859. The number of aromatic nitrogens is 2.